The molecule has 1 saturated heterocycles. The van der Waals surface area contributed by atoms with Crippen LogP contribution in [0.2, 0.25) is 0 Å². The Labute approximate surface area is 185 Å². The second-order valence-electron chi connectivity index (χ2n) is 8.27. The van der Waals surface area contributed by atoms with Crippen LogP contribution in [0.4, 0.5) is 9.18 Å². The Balaban J connectivity index is 1.50. The third kappa shape index (κ3) is 6.65. The summed E-state index contributed by atoms with van der Waals surface area (Å²) in [5, 5.41) is 5.53. The van der Waals surface area contributed by atoms with Gasteiger partial charge in [-0.05, 0) is 65.0 Å². The first-order chi connectivity index (χ1) is 14.6. The van der Waals surface area contributed by atoms with Crippen molar-refractivity contribution in [3.8, 4) is 11.4 Å². The number of hydroxylamine groups is 2. The lowest BCUT2D eigenvalue weighted by atomic mass is 10.1. The summed E-state index contributed by atoms with van der Waals surface area (Å²) >= 11 is 1.34. The summed E-state index contributed by atoms with van der Waals surface area (Å²) < 4.78 is 30.6. The fraction of sp³-hybridized carbons (Fsp3) is 0.571. The maximum Gasteiger partial charge on any atom is 0.528 e. The number of halogens is 1. The van der Waals surface area contributed by atoms with Gasteiger partial charge >= 0.3 is 6.16 Å². The van der Waals surface area contributed by atoms with Crippen LogP contribution in [0.5, 0.6) is 0 Å². The first-order valence-electron chi connectivity index (χ1n) is 10.1. The fourth-order valence-corrected chi connectivity index (χ4v) is 3.56. The minimum absolute atomic E-state index is 0.0397. The summed E-state index contributed by atoms with van der Waals surface area (Å²) in [5.41, 5.74) is -0.0512. The van der Waals surface area contributed by atoms with Gasteiger partial charge in [-0.1, -0.05) is 5.16 Å². The zero-order valence-corrected chi connectivity index (χ0v) is 19.2. The number of aromatic nitrogens is 2. The van der Waals surface area contributed by atoms with Gasteiger partial charge in [0.05, 0.1) is 6.10 Å². The van der Waals surface area contributed by atoms with Crippen molar-refractivity contribution in [3.05, 3.63) is 29.9 Å². The number of benzene rings is 1. The number of hydrogen-bond acceptors (Lipinski definition) is 9. The Bertz CT molecular complexity index is 893. The molecule has 0 N–H and O–H groups in total. The minimum atomic E-state index is -0.708. The molecule has 1 aliphatic rings. The molecule has 8 nitrogen and oxygen atoms in total. The van der Waals surface area contributed by atoms with Crippen molar-refractivity contribution >= 4 is 17.9 Å². The summed E-state index contributed by atoms with van der Waals surface area (Å²) in [7, 11) is 0. The van der Waals surface area contributed by atoms with Gasteiger partial charge < -0.3 is 18.8 Å². The number of thioether (sulfide) groups is 1. The highest BCUT2D eigenvalue weighted by atomic mass is 32.2. The van der Waals surface area contributed by atoms with Crippen LogP contribution in [0.25, 0.3) is 11.4 Å². The molecule has 0 amide bonds. The van der Waals surface area contributed by atoms with Crippen molar-refractivity contribution in [3.63, 3.8) is 0 Å². The Morgan fingerprint density at radius 1 is 1.32 bits per heavy atom. The van der Waals surface area contributed by atoms with Crippen LogP contribution in [-0.2, 0) is 14.3 Å². The van der Waals surface area contributed by atoms with Gasteiger partial charge in [0.15, 0.2) is 0 Å². The van der Waals surface area contributed by atoms with Crippen LogP contribution in [0.3, 0.4) is 0 Å². The van der Waals surface area contributed by atoms with E-state index in [1.165, 1.54) is 17.8 Å². The minimum Gasteiger partial charge on any atom is -0.427 e. The van der Waals surface area contributed by atoms with Crippen molar-refractivity contribution in [1.82, 2.24) is 15.2 Å². The van der Waals surface area contributed by atoms with E-state index in [1.54, 1.807) is 38.0 Å². The van der Waals surface area contributed by atoms with Crippen molar-refractivity contribution < 1.29 is 28.0 Å². The maximum atomic E-state index is 14.0. The largest absolute Gasteiger partial charge is 0.528 e. The molecule has 1 atom stereocenters. The van der Waals surface area contributed by atoms with Crippen molar-refractivity contribution in [2.24, 2.45) is 0 Å². The van der Waals surface area contributed by atoms with Crippen LogP contribution < -0.4 is 0 Å². The normalized spacial score (nSPS) is 16.8. The average molecular weight is 454 g/mol. The van der Waals surface area contributed by atoms with Gasteiger partial charge in [0, 0.05) is 23.5 Å². The molecule has 2 aromatic rings. The molecule has 170 valence electrons. The van der Waals surface area contributed by atoms with E-state index >= 15 is 0 Å². The quantitative estimate of drug-likeness (QED) is 0.442. The first-order valence-corrected chi connectivity index (χ1v) is 11.4. The SMILES string of the molecule is CSc1ccc(-c2noc([C@@H](C)OC3CCN(OC(=O)OC(C)(C)C)CC3)n2)cc1F. The molecule has 1 aromatic carbocycles. The maximum absolute atomic E-state index is 14.0. The van der Waals surface area contributed by atoms with Crippen LogP contribution in [-0.4, -0.2) is 52.4 Å². The third-order valence-electron chi connectivity index (χ3n) is 4.59. The molecule has 0 saturated carbocycles. The van der Waals surface area contributed by atoms with Crippen LogP contribution in [0, 0.1) is 5.82 Å². The molecule has 1 fully saturated rings. The first kappa shape index (κ1) is 23.5. The van der Waals surface area contributed by atoms with Gasteiger partial charge in [-0.25, -0.2) is 9.18 Å². The van der Waals surface area contributed by atoms with Gasteiger partial charge in [0.1, 0.15) is 17.5 Å². The molecule has 0 aliphatic carbocycles. The number of nitrogens with zero attached hydrogens (tertiary/aromatic N) is 3. The summed E-state index contributed by atoms with van der Waals surface area (Å²) in [6.45, 7) is 8.26. The second kappa shape index (κ2) is 9.97. The summed E-state index contributed by atoms with van der Waals surface area (Å²) in [5.74, 6) is 0.329. The van der Waals surface area contributed by atoms with E-state index in [9.17, 15) is 9.18 Å². The molecule has 1 aliphatic heterocycles. The van der Waals surface area contributed by atoms with E-state index in [-0.39, 0.29) is 11.9 Å². The van der Waals surface area contributed by atoms with E-state index in [1.807, 2.05) is 13.2 Å². The smallest absolute Gasteiger partial charge is 0.427 e. The molecule has 3 rings (SSSR count). The summed E-state index contributed by atoms with van der Waals surface area (Å²) in [4.78, 5) is 21.9. The molecular formula is C21H28FN3O5S. The molecule has 0 bridgehead atoms. The van der Waals surface area contributed by atoms with Crippen LogP contribution in [0.1, 0.15) is 52.5 Å². The number of rotatable bonds is 6. The zero-order valence-electron chi connectivity index (χ0n) is 18.4. The Morgan fingerprint density at radius 3 is 2.65 bits per heavy atom. The molecule has 0 unspecified atom stereocenters. The van der Waals surface area contributed by atoms with E-state index in [2.05, 4.69) is 10.1 Å². The third-order valence-corrected chi connectivity index (χ3v) is 5.36. The van der Waals surface area contributed by atoms with E-state index in [0.717, 1.165) is 0 Å². The van der Waals surface area contributed by atoms with Gasteiger partial charge in [-0.15, -0.1) is 16.8 Å². The number of piperidine rings is 1. The molecule has 0 spiro atoms. The van der Waals surface area contributed by atoms with E-state index in [0.29, 0.717) is 48.1 Å². The topological polar surface area (TPSA) is 86.9 Å². The lowest BCUT2D eigenvalue weighted by Gasteiger charge is -2.31. The lowest BCUT2D eigenvalue weighted by molar-refractivity contribution is -0.169. The standard InChI is InChI=1S/C21H28FN3O5S/c1-13(19-23-18(24-29-19)14-6-7-17(31-5)16(22)12-14)27-15-8-10-25(11-9-15)30-20(26)28-21(2,3)4/h6-7,12-13,15H,8-11H2,1-5H3/t13-/m1/s1. The molecule has 10 heteroatoms. The molecule has 2 heterocycles. The van der Waals surface area contributed by atoms with Gasteiger partial charge in [0.2, 0.25) is 5.82 Å². The number of hydrogen-bond donors (Lipinski definition) is 0. The number of carbonyl (C=O) groups is 1. The molecule has 31 heavy (non-hydrogen) atoms. The lowest BCUT2D eigenvalue weighted by Crippen LogP contribution is -2.40. The average Bonchev–Trinajstić information content (AvgIpc) is 3.18. The number of carbonyl (C=O) groups excluding carboxylic acids is 1. The Hall–Kier alpha value is -2.17. The summed E-state index contributed by atoms with van der Waals surface area (Å²) in [6.07, 6.45) is 2.01. The Kier molecular flexibility index (Phi) is 7.55. The predicted molar refractivity (Wildman–Crippen MR) is 113 cm³/mol. The highest BCUT2D eigenvalue weighted by molar-refractivity contribution is 7.98. The highest BCUT2D eigenvalue weighted by Crippen LogP contribution is 2.27. The van der Waals surface area contributed by atoms with E-state index < -0.39 is 17.9 Å². The second-order valence-corrected chi connectivity index (χ2v) is 9.12. The predicted octanol–water partition coefficient (Wildman–Crippen LogP) is 5.01. The van der Waals surface area contributed by atoms with Gasteiger partial charge in [-0.2, -0.15) is 4.98 Å². The molecular weight excluding hydrogens is 425 g/mol. The van der Waals surface area contributed by atoms with Gasteiger partial charge in [-0.3, -0.25) is 0 Å². The van der Waals surface area contributed by atoms with Crippen LogP contribution in [0.15, 0.2) is 27.6 Å². The van der Waals surface area contributed by atoms with Crippen molar-refractivity contribution in [2.45, 2.75) is 63.2 Å². The summed E-state index contributed by atoms with van der Waals surface area (Å²) in [6, 6.07) is 4.85. The van der Waals surface area contributed by atoms with Crippen LogP contribution >= 0.6 is 11.8 Å². The monoisotopic (exact) mass is 453 g/mol. The van der Waals surface area contributed by atoms with Crippen molar-refractivity contribution in [1.29, 1.82) is 0 Å². The molecule has 0 radical (unpaired) electrons. The zero-order chi connectivity index (χ0) is 22.6. The van der Waals surface area contributed by atoms with Crippen molar-refractivity contribution in [2.75, 3.05) is 19.3 Å². The molecule has 1 aromatic heterocycles. The van der Waals surface area contributed by atoms with Gasteiger partial charge in [0.25, 0.3) is 5.89 Å². The number of ether oxygens (including phenoxy) is 2. The highest BCUT2D eigenvalue weighted by Gasteiger charge is 2.28. The van der Waals surface area contributed by atoms with E-state index in [4.69, 9.17) is 18.8 Å². The Morgan fingerprint density at radius 2 is 2.03 bits per heavy atom. The fourth-order valence-electron chi connectivity index (χ4n) is 3.10.